The Morgan fingerprint density at radius 1 is 1.28 bits per heavy atom. The molecule has 1 aliphatic heterocycles. The van der Waals surface area contributed by atoms with Crippen molar-refractivity contribution in [3.05, 3.63) is 35.6 Å². The first-order valence-electron chi connectivity index (χ1n) is 7.89. The minimum atomic E-state index is -3.27. The van der Waals surface area contributed by atoms with Crippen LogP contribution in [0, 0.1) is 11.7 Å². The number of halogens is 1. The number of benzene rings is 1. The van der Waals surface area contributed by atoms with Gasteiger partial charge in [0.25, 0.3) is 0 Å². The van der Waals surface area contributed by atoms with Gasteiger partial charge < -0.3 is 10.4 Å². The molecule has 0 aliphatic carbocycles. The number of rotatable bonds is 6. The van der Waals surface area contributed by atoms with E-state index in [1.54, 1.807) is 0 Å². The molecule has 1 saturated heterocycles. The van der Waals surface area contributed by atoms with Gasteiger partial charge in [-0.2, -0.15) is 0 Å². The Hall–Kier alpha value is -2.00. The van der Waals surface area contributed by atoms with Gasteiger partial charge in [0.2, 0.25) is 15.9 Å². The molecule has 1 heterocycles. The summed E-state index contributed by atoms with van der Waals surface area (Å²) in [5.41, 5.74) is 0.505. The van der Waals surface area contributed by atoms with E-state index < -0.39 is 27.9 Å². The number of carboxylic acid groups (broad SMARTS) is 1. The van der Waals surface area contributed by atoms with Gasteiger partial charge in [-0.05, 0) is 30.5 Å². The van der Waals surface area contributed by atoms with E-state index in [1.165, 1.54) is 28.6 Å². The average molecular weight is 372 g/mol. The molecule has 1 aromatic rings. The van der Waals surface area contributed by atoms with Crippen LogP contribution in [0.25, 0.3) is 0 Å². The lowest BCUT2D eigenvalue weighted by atomic mass is 9.95. The third-order valence-corrected chi connectivity index (χ3v) is 5.56. The molecule has 7 nitrogen and oxygen atoms in total. The van der Waals surface area contributed by atoms with Crippen molar-refractivity contribution in [1.82, 2.24) is 9.62 Å². The van der Waals surface area contributed by atoms with Gasteiger partial charge in [0, 0.05) is 19.0 Å². The molecule has 0 aromatic heterocycles. The molecular weight excluding hydrogens is 351 g/mol. The number of carboxylic acids is 1. The predicted molar refractivity (Wildman–Crippen MR) is 88.7 cm³/mol. The summed E-state index contributed by atoms with van der Waals surface area (Å²) in [7, 11) is -3.27. The minimum absolute atomic E-state index is 0.261. The van der Waals surface area contributed by atoms with Crippen molar-refractivity contribution in [2.45, 2.75) is 25.3 Å². The molecule has 0 bridgehead atoms. The zero-order valence-electron chi connectivity index (χ0n) is 13.8. The average Bonchev–Trinajstić information content (AvgIpc) is 2.54. The van der Waals surface area contributed by atoms with Crippen LogP contribution in [-0.2, 0) is 19.6 Å². The van der Waals surface area contributed by atoms with Crippen molar-refractivity contribution < 1.29 is 27.5 Å². The van der Waals surface area contributed by atoms with Gasteiger partial charge in [0.1, 0.15) is 5.82 Å². The molecule has 0 radical (unpaired) electrons. The number of sulfonamides is 1. The van der Waals surface area contributed by atoms with E-state index in [9.17, 15) is 22.4 Å². The van der Waals surface area contributed by atoms with Crippen LogP contribution < -0.4 is 5.32 Å². The number of carbonyl (C=O) groups excluding carboxylic acids is 1. The summed E-state index contributed by atoms with van der Waals surface area (Å²) in [6.07, 6.45) is 1.56. The number of amides is 1. The lowest BCUT2D eigenvalue weighted by Gasteiger charge is -2.30. The fourth-order valence-electron chi connectivity index (χ4n) is 2.86. The molecule has 9 heteroatoms. The first-order valence-corrected chi connectivity index (χ1v) is 9.74. The standard InChI is InChI=1S/C16H21FN2O5S/c1-25(23,24)19-8-6-12(7-9-19)16(22)18-14(10-15(20)21)11-2-4-13(17)5-3-11/h2-5,12,14H,6-10H2,1H3,(H,18,22)(H,20,21). The second-order valence-corrected chi connectivity index (χ2v) is 8.13. The highest BCUT2D eigenvalue weighted by molar-refractivity contribution is 7.88. The lowest BCUT2D eigenvalue weighted by molar-refractivity contribution is -0.138. The molecular formula is C16H21FN2O5S. The fraction of sp³-hybridized carbons (Fsp3) is 0.500. The van der Waals surface area contributed by atoms with Crippen molar-refractivity contribution in [1.29, 1.82) is 0 Å². The molecule has 25 heavy (non-hydrogen) atoms. The van der Waals surface area contributed by atoms with Crippen molar-refractivity contribution in [2.75, 3.05) is 19.3 Å². The molecule has 1 aliphatic rings. The van der Waals surface area contributed by atoms with Crippen molar-refractivity contribution in [3.63, 3.8) is 0 Å². The summed E-state index contributed by atoms with van der Waals surface area (Å²) >= 11 is 0. The maximum atomic E-state index is 13.0. The van der Waals surface area contributed by atoms with Crippen LogP contribution in [0.2, 0.25) is 0 Å². The Morgan fingerprint density at radius 3 is 2.32 bits per heavy atom. The number of nitrogens with zero attached hydrogens (tertiary/aromatic N) is 1. The Labute approximate surface area is 145 Å². The van der Waals surface area contributed by atoms with E-state index in [2.05, 4.69) is 5.32 Å². The third-order valence-electron chi connectivity index (χ3n) is 4.26. The number of hydrogen-bond donors (Lipinski definition) is 2. The van der Waals surface area contributed by atoms with E-state index in [1.807, 2.05) is 0 Å². The number of nitrogens with one attached hydrogen (secondary N) is 1. The van der Waals surface area contributed by atoms with E-state index >= 15 is 0 Å². The van der Waals surface area contributed by atoms with Gasteiger partial charge in [-0.25, -0.2) is 17.1 Å². The highest BCUT2D eigenvalue weighted by atomic mass is 32.2. The molecule has 1 fully saturated rings. The molecule has 2 rings (SSSR count). The van der Waals surface area contributed by atoms with E-state index in [0.29, 0.717) is 18.4 Å². The Balaban J connectivity index is 2.02. The molecule has 0 spiro atoms. The molecule has 0 saturated carbocycles. The Kier molecular flexibility index (Phi) is 6.12. The summed E-state index contributed by atoms with van der Waals surface area (Å²) in [5.74, 6) is -2.22. The molecule has 1 aromatic carbocycles. The summed E-state index contributed by atoms with van der Waals surface area (Å²) in [5, 5.41) is 11.7. The summed E-state index contributed by atoms with van der Waals surface area (Å²) in [6, 6.07) is 4.53. The maximum Gasteiger partial charge on any atom is 0.305 e. The first kappa shape index (κ1) is 19.3. The minimum Gasteiger partial charge on any atom is -0.481 e. The van der Waals surface area contributed by atoms with Crippen LogP contribution in [0.1, 0.15) is 30.9 Å². The van der Waals surface area contributed by atoms with Gasteiger partial charge in [-0.15, -0.1) is 0 Å². The van der Waals surface area contributed by atoms with Crippen molar-refractivity contribution in [2.24, 2.45) is 5.92 Å². The Morgan fingerprint density at radius 2 is 1.84 bits per heavy atom. The third kappa shape index (κ3) is 5.50. The number of hydrogen-bond acceptors (Lipinski definition) is 4. The number of piperidine rings is 1. The smallest absolute Gasteiger partial charge is 0.305 e. The number of carbonyl (C=O) groups is 2. The largest absolute Gasteiger partial charge is 0.481 e. The second-order valence-electron chi connectivity index (χ2n) is 6.15. The first-order chi connectivity index (χ1) is 11.7. The van der Waals surface area contributed by atoms with Gasteiger partial charge in [0.05, 0.1) is 18.7 Å². The molecule has 1 atom stereocenters. The Bertz CT molecular complexity index is 727. The van der Waals surface area contributed by atoms with Gasteiger partial charge >= 0.3 is 5.97 Å². The van der Waals surface area contributed by atoms with E-state index in [0.717, 1.165) is 6.26 Å². The zero-order chi connectivity index (χ0) is 18.6. The normalized spacial score (nSPS) is 17.8. The van der Waals surface area contributed by atoms with Crippen LogP contribution in [0.15, 0.2) is 24.3 Å². The summed E-state index contributed by atoms with van der Waals surface area (Å²) < 4.78 is 37.4. The van der Waals surface area contributed by atoms with Gasteiger partial charge in [-0.3, -0.25) is 9.59 Å². The molecule has 1 unspecified atom stereocenters. The fourth-order valence-corrected chi connectivity index (χ4v) is 3.74. The monoisotopic (exact) mass is 372 g/mol. The highest BCUT2D eigenvalue weighted by Crippen LogP contribution is 2.23. The highest BCUT2D eigenvalue weighted by Gasteiger charge is 2.30. The van der Waals surface area contributed by atoms with Crippen LogP contribution in [0.5, 0.6) is 0 Å². The SMILES string of the molecule is CS(=O)(=O)N1CCC(C(=O)NC(CC(=O)O)c2ccc(F)cc2)CC1. The lowest BCUT2D eigenvalue weighted by Crippen LogP contribution is -2.43. The zero-order valence-corrected chi connectivity index (χ0v) is 14.6. The van der Waals surface area contributed by atoms with Crippen LogP contribution in [-0.4, -0.2) is 49.1 Å². The number of aliphatic carboxylic acids is 1. The van der Waals surface area contributed by atoms with Crippen LogP contribution in [0.3, 0.4) is 0 Å². The van der Waals surface area contributed by atoms with Crippen molar-refractivity contribution >= 4 is 21.9 Å². The van der Waals surface area contributed by atoms with Gasteiger partial charge in [0.15, 0.2) is 0 Å². The molecule has 2 N–H and O–H groups in total. The molecule has 138 valence electrons. The van der Waals surface area contributed by atoms with Crippen LogP contribution >= 0.6 is 0 Å². The topological polar surface area (TPSA) is 104 Å². The quantitative estimate of drug-likeness (QED) is 0.779. The van der Waals surface area contributed by atoms with Crippen LogP contribution in [0.4, 0.5) is 4.39 Å². The molecule has 1 amide bonds. The summed E-state index contributed by atoms with van der Waals surface area (Å²) in [4.78, 5) is 23.5. The summed E-state index contributed by atoms with van der Waals surface area (Å²) in [6.45, 7) is 0.522. The van der Waals surface area contributed by atoms with E-state index in [4.69, 9.17) is 5.11 Å². The van der Waals surface area contributed by atoms with Gasteiger partial charge in [-0.1, -0.05) is 12.1 Å². The van der Waals surface area contributed by atoms with Crippen molar-refractivity contribution in [3.8, 4) is 0 Å². The van der Waals surface area contributed by atoms with E-state index in [-0.39, 0.29) is 31.3 Å². The predicted octanol–water partition coefficient (Wildman–Crippen LogP) is 1.13. The second kappa shape index (κ2) is 7.92. The maximum absolute atomic E-state index is 13.0.